The molecule has 32 heavy (non-hydrogen) atoms. The van der Waals surface area contributed by atoms with Crippen molar-refractivity contribution < 1.29 is 10.2 Å². The molecule has 0 spiro atoms. The van der Waals surface area contributed by atoms with E-state index in [1.165, 1.54) is 32.1 Å². The van der Waals surface area contributed by atoms with Gasteiger partial charge in [-0.3, -0.25) is 0 Å². The van der Waals surface area contributed by atoms with E-state index in [4.69, 9.17) is 15.8 Å². The van der Waals surface area contributed by atoms with Crippen molar-refractivity contribution in [2.75, 3.05) is 24.6 Å². The van der Waals surface area contributed by atoms with Gasteiger partial charge in [0.25, 0.3) is 0 Å². The molecule has 1 aromatic heterocycles. The molecule has 1 aromatic carbocycles. The number of nitrogens with one attached hydrogen (secondary N) is 1. The number of aryl methyl sites for hydroxylation is 1. The van der Waals surface area contributed by atoms with Crippen molar-refractivity contribution in [3.63, 3.8) is 0 Å². The summed E-state index contributed by atoms with van der Waals surface area (Å²) < 4.78 is 0. The molecule has 3 unspecified atom stereocenters. The lowest BCUT2D eigenvalue weighted by Gasteiger charge is -2.41. The SMILES string of the molecule is Cc1ccc2nc(N3CCC(NC4CCCCC4)C(CO)C3)c(/C([OH2+])=N/C(C)N)cc2c1. The van der Waals surface area contributed by atoms with Crippen molar-refractivity contribution in [2.45, 2.75) is 70.6 Å². The first-order chi connectivity index (χ1) is 15.4. The first-order valence-corrected chi connectivity index (χ1v) is 12.0. The number of nitrogens with zero attached hydrogens (tertiary/aromatic N) is 3. The third kappa shape index (κ3) is 5.22. The van der Waals surface area contributed by atoms with Crippen molar-refractivity contribution in [1.29, 1.82) is 0 Å². The molecule has 0 bridgehead atoms. The van der Waals surface area contributed by atoms with Gasteiger partial charge in [0.2, 0.25) is 0 Å². The van der Waals surface area contributed by atoms with Crippen LogP contribution in [-0.4, -0.2) is 59.0 Å². The van der Waals surface area contributed by atoms with Crippen molar-refractivity contribution >= 4 is 22.6 Å². The molecule has 4 rings (SSSR count). The summed E-state index contributed by atoms with van der Waals surface area (Å²) in [5, 5.41) is 23.6. The maximum absolute atomic E-state index is 10.2. The molecule has 0 radical (unpaired) electrons. The Morgan fingerprint density at radius 3 is 2.78 bits per heavy atom. The fourth-order valence-electron chi connectivity index (χ4n) is 5.18. The van der Waals surface area contributed by atoms with Crippen LogP contribution in [0.3, 0.4) is 0 Å². The number of nitrogens with two attached hydrogens (primary N) is 1. The number of pyridine rings is 1. The molecule has 2 aliphatic rings. The van der Waals surface area contributed by atoms with Crippen LogP contribution in [0.4, 0.5) is 5.82 Å². The minimum Gasteiger partial charge on any atom is -0.578 e. The van der Waals surface area contributed by atoms with Crippen LogP contribution in [0.25, 0.3) is 10.9 Å². The monoisotopic (exact) mass is 440 g/mol. The zero-order valence-electron chi connectivity index (χ0n) is 19.3. The number of anilines is 1. The molecular formula is C25H38N5O2+. The lowest BCUT2D eigenvalue weighted by atomic mass is 9.89. The summed E-state index contributed by atoms with van der Waals surface area (Å²) in [7, 11) is 0. The molecule has 1 saturated carbocycles. The third-order valence-electron chi connectivity index (χ3n) is 6.86. The van der Waals surface area contributed by atoms with Crippen LogP contribution in [0.2, 0.25) is 0 Å². The lowest BCUT2D eigenvalue weighted by Crippen LogP contribution is -2.54. The van der Waals surface area contributed by atoms with Crippen molar-refractivity contribution in [3.8, 4) is 0 Å². The van der Waals surface area contributed by atoms with Crippen LogP contribution in [0.1, 0.15) is 56.6 Å². The van der Waals surface area contributed by atoms with E-state index >= 15 is 0 Å². The second-order valence-electron chi connectivity index (χ2n) is 9.56. The highest BCUT2D eigenvalue weighted by Gasteiger charge is 2.33. The lowest BCUT2D eigenvalue weighted by molar-refractivity contribution is 0.160. The van der Waals surface area contributed by atoms with E-state index in [1.54, 1.807) is 6.92 Å². The average molecular weight is 441 g/mol. The summed E-state index contributed by atoms with van der Waals surface area (Å²) >= 11 is 0. The number of aliphatic imine (C=N–C) groups is 1. The Morgan fingerprint density at radius 1 is 1.28 bits per heavy atom. The molecule has 2 aromatic rings. The van der Waals surface area contributed by atoms with Gasteiger partial charge in [-0.1, -0.05) is 30.9 Å². The minimum absolute atomic E-state index is 0.133. The number of piperidine rings is 1. The Labute approximate surface area is 190 Å². The highest BCUT2D eigenvalue weighted by atomic mass is 16.3. The summed E-state index contributed by atoms with van der Waals surface area (Å²) in [5.41, 5.74) is 8.63. The minimum atomic E-state index is -0.445. The molecule has 6 N–H and O–H groups in total. The van der Waals surface area contributed by atoms with Gasteiger partial charge < -0.3 is 26.2 Å². The van der Waals surface area contributed by atoms with Gasteiger partial charge in [-0.25, -0.2) is 4.98 Å². The van der Waals surface area contributed by atoms with E-state index in [2.05, 4.69) is 34.3 Å². The van der Waals surface area contributed by atoms with Gasteiger partial charge in [-0.15, -0.1) is 0 Å². The molecule has 174 valence electrons. The van der Waals surface area contributed by atoms with E-state index < -0.39 is 6.17 Å². The first kappa shape index (κ1) is 23.0. The Hall–Kier alpha value is -2.22. The topological polar surface area (TPSA) is 110 Å². The van der Waals surface area contributed by atoms with E-state index in [0.29, 0.717) is 24.2 Å². The smallest absolute Gasteiger partial charge is 0.365 e. The number of hydrogen-bond donors (Lipinski definition) is 3. The second kappa shape index (κ2) is 10.1. The summed E-state index contributed by atoms with van der Waals surface area (Å²) in [4.78, 5) is 11.5. The summed E-state index contributed by atoms with van der Waals surface area (Å²) in [5.74, 6) is 1.06. The summed E-state index contributed by atoms with van der Waals surface area (Å²) in [6.45, 7) is 5.52. The predicted molar refractivity (Wildman–Crippen MR) is 131 cm³/mol. The number of hydrogen-bond acceptors (Lipinski definition) is 6. The van der Waals surface area contributed by atoms with Crippen molar-refractivity contribution in [1.82, 2.24) is 10.3 Å². The highest BCUT2D eigenvalue weighted by molar-refractivity contribution is 6.01. The molecule has 1 aliphatic carbocycles. The molecular weight excluding hydrogens is 402 g/mol. The van der Waals surface area contributed by atoms with E-state index in [0.717, 1.165) is 35.2 Å². The molecule has 2 fully saturated rings. The van der Waals surface area contributed by atoms with Crippen LogP contribution in [0.5, 0.6) is 0 Å². The highest BCUT2D eigenvalue weighted by Crippen LogP contribution is 2.30. The Bertz CT molecular complexity index is 955. The van der Waals surface area contributed by atoms with Crippen LogP contribution in [0.15, 0.2) is 29.3 Å². The predicted octanol–water partition coefficient (Wildman–Crippen LogP) is 2.43. The first-order valence-electron chi connectivity index (χ1n) is 12.0. The number of benzene rings is 1. The van der Waals surface area contributed by atoms with E-state index in [9.17, 15) is 5.11 Å². The van der Waals surface area contributed by atoms with Crippen LogP contribution < -0.4 is 16.0 Å². The van der Waals surface area contributed by atoms with Gasteiger partial charge in [-0.2, -0.15) is 4.99 Å². The number of aromatic nitrogens is 1. The quantitative estimate of drug-likeness (QED) is 0.363. The Kier molecular flexibility index (Phi) is 7.28. The van der Waals surface area contributed by atoms with E-state index in [-0.39, 0.29) is 18.4 Å². The molecule has 2 heterocycles. The van der Waals surface area contributed by atoms with Crippen LogP contribution >= 0.6 is 0 Å². The van der Waals surface area contributed by atoms with Gasteiger partial charge in [0, 0.05) is 43.1 Å². The molecule has 0 amide bonds. The average Bonchev–Trinajstić information content (AvgIpc) is 2.78. The maximum atomic E-state index is 10.2. The standard InChI is InChI=1S/C25H37N5O2/c1-16-8-9-22-18(12-16)13-21(25(32)27-17(2)26)24(29-22)30-11-10-23(19(14-30)15-31)28-20-6-4-3-5-7-20/h8-9,12-13,17,19-20,23,28,31H,3-7,10-11,14-15,26H2,1-2H3,(H,27,32)/p+1. The summed E-state index contributed by atoms with van der Waals surface area (Å²) in [6, 6.07) is 9.09. The van der Waals surface area contributed by atoms with Gasteiger partial charge in [0.05, 0.1) is 5.52 Å². The molecule has 7 nitrogen and oxygen atoms in total. The number of fused-ring (bicyclic) bond motifs is 1. The van der Waals surface area contributed by atoms with Gasteiger partial charge in [0.1, 0.15) is 17.5 Å². The van der Waals surface area contributed by atoms with Crippen molar-refractivity contribution in [3.05, 3.63) is 35.4 Å². The number of aliphatic hydroxyl groups is 1. The Balaban J connectivity index is 1.62. The largest absolute Gasteiger partial charge is 0.578 e. The van der Waals surface area contributed by atoms with E-state index in [1.807, 2.05) is 12.1 Å². The van der Waals surface area contributed by atoms with Crippen LogP contribution in [0, 0.1) is 12.8 Å². The van der Waals surface area contributed by atoms with Gasteiger partial charge in [0.15, 0.2) is 0 Å². The van der Waals surface area contributed by atoms with Gasteiger partial charge >= 0.3 is 5.90 Å². The second-order valence-corrected chi connectivity index (χ2v) is 9.56. The zero-order valence-corrected chi connectivity index (χ0v) is 19.3. The number of aliphatic hydroxyl groups excluding tert-OH is 1. The normalized spacial score (nSPS) is 24.1. The molecule has 1 aliphatic heterocycles. The Morgan fingerprint density at radius 2 is 2.06 bits per heavy atom. The molecule has 1 saturated heterocycles. The van der Waals surface area contributed by atoms with Gasteiger partial charge in [-0.05, 0) is 51.3 Å². The number of rotatable bonds is 6. The zero-order chi connectivity index (χ0) is 22.7. The molecule has 7 heteroatoms. The third-order valence-corrected chi connectivity index (χ3v) is 6.86. The fraction of sp³-hybridized carbons (Fsp3) is 0.600. The maximum Gasteiger partial charge on any atom is 0.365 e. The summed E-state index contributed by atoms with van der Waals surface area (Å²) in [6.07, 6.45) is 6.93. The van der Waals surface area contributed by atoms with Crippen LogP contribution in [-0.2, 0) is 0 Å². The fourth-order valence-corrected chi connectivity index (χ4v) is 5.18. The van der Waals surface area contributed by atoms with Crippen molar-refractivity contribution in [2.24, 2.45) is 16.6 Å². The molecule has 3 atom stereocenters.